The van der Waals surface area contributed by atoms with E-state index in [0.29, 0.717) is 6.04 Å². The van der Waals surface area contributed by atoms with Crippen molar-refractivity contribution in [2.75, 3.05) is 27.8 Å². The molecular formula is C23H27NO4. The summed E-state index contributed by atoms with van der Waals surface area (Å²) in [5.41, 5.74) is 1.72. The number of carbonyl (C=O) groups excluding carboxylic acids is 1. The highest BCUT2D eigenvalue weighted by molar-refractivity contribution is 5.82. The van der Waals surface area contributed by atoms with Crippen LogP contribution in [0.25, 0.3) is 0 Å². The van der Waals surface area contributed by atoms with Crippen molar-refractivity contribution in [3.8, 4) is 11.5 Å². The van der Waals surface area contributed by atoms with Crippen LogP contribution in [0.15, 0.2) is 24.3 Å². The molecule has 1 saturated carbocycles. The first-order valence-corrected chi connectivity index (χ1v) is 10.3. The van der Waals surface area contributed by atoms with Crippen LogP contribution in [0, 0.1) is 11.3 Å². The number of piperidine rings is 1. The van der Waals surface area contributed by atoms with Gasteiger partial charge in [0.15, 0.2) is 11.5 Å². The summed E-state index contributed by atoms with van der Waals surface area (Å²) >= 11 is 0. The summed E-state index contributed by atoms with van der Waals surface area (Å²) in [6.07, 6.45) is 7.19. The van der Waals surface area contributed by atoms with E-state index in [1.54, 1.807) is 21.1 Å². The third-order valence-corrected chi connectivity index (χ3v) is 8.77. The third-order valence-electron chi connectivity index (χ3n) is 8.77. The zero-order chi connectivity index (χ0) is 19.5. The molecule has 0 radical (unpaired) electrons. The van der Waals surface area contributed by atoms with Crippen molar-refractivity contribution in [3.63, 3.8) is 0 Å². The summed E-state index contributed by atoms with van der Waals surface area (Å²) in [5, 5.41) is 0. The predicted molar refractivity (Wildman–Crippen MR) is 104 cm³/mol. The average molecular weight is 381 g/mol. The first-order chi connectivity index (χ1) is 13.4. The van der Waals surface area contributed by atoms with Gasteiger partial charge in [-0.15, -0.1) is 0 Å². The maximum absolute atomic E-state index is 12.8. The van der Waals surface area contributed by atoms with Crippen molar-refractivity contribution in [1.82, 2.24) is 4.90 Å². The normalized spacial score (nSPS) is 44.2. The number of rotatable bonds is 3. The molecule has 2 aliphatic heterocycles. The molecule has 5 heteroatoms. The number of ether oxygens (including phenoxy) is 3. The van der Waals surface area contributed by atoms with Crippen molar-refractivity contribution >= 4 is 5.78 Å². The molecule has 2 heterocycles. The first kappa shape index (κ1) is 17.0. The van der Waals surface area contributed by atoms with Crippen LogP contribution in [-0.4, -0.2) is 56.2 Å². The van der Waals surface area contributed by atoms with Crippen LogP contribution < -0.4 is 9.47 Å². The molecule has 28 heavy (non-hydrogen) atoms. The van der Waals surface area contributed by atoms with Gasteiger partial charge in [-0.05, 0) is 51.4 Å². The van der Waals surface area contributed by atoms with Gasteiger partial charge in [0.2, 0.25) is 0 Å². The number of likely N-dealkylation sites (N-methyl/N-ethyl adjacent to an activating group) is 1. The number of fused-ring (bicyclic) bond motifs is 1. The molecular weight excluding hydrogens is 354 g/mol. The molecule has 0 N–H and O–H groups in total. The summed E-state index contributed by atoms with van der Waals surface area (Å²) in [7, 11) is 5.67. The molecule has 0 amide bonds. The molecule has 1 saturated heterocycles. The van der Waals surface area contributed by atoms with E-state index in [9.17, 15) is 4.79 Å². The second-order valence-electron chi connectivity index (χ2n) is 9.35. The van der Waals surface area contributed by atoms with Crippen LogP contribution in [0.5, 0.6) is 11.5 Å². The third kappa shape index (κ3) is 1.49. The number of nitrogens with zero attached hydrogens (tertiary/aromatic N) is 1. The van der Waals surface area contributed by atoms with E-state index in [0.717, 1.165) is 37.3 Å². The Balaban J connectivity index is 1.72. The lowest BCUT2D eigenvalue weighted by Gasteiger charge is -2.70. The van der Waals surface area contributed by atoms with Gasteiger partial charge >= 0.3 is 0 Å². The average Bonchev–Trinajstić information content (AvgIpc) is 3.07. The van der Waals surface area contributed by atoms with Crippen LogP contribution in [0.2, 0.25) is 0 Å². The van der Waals surface area contributed by atoms with Gasteiger partial charge in [-0.3, -0.25) is 4.79 Å². The van der Waals surface area contributed by atoms with Crippen LogP contribution in [0.3, 0.4) is 0 Å². The minimum Gasteiger partial charge on any atom is -0.493 e. The zero-order valence-corrected chi connectivity index (χ0v) is 17.0. The Morgan fingerprint density at radius 1 is 1.29 bits per heavy atom. The van der Waals surface area contributed by atoms with Gasteiger partial charge in [0, 0.05) is 24.1 Å². The van der Waals surface area contributed by atoms with Crippen LogP contribution >= 0.6 is 0 Å². The lowest BCUT2D eigenvalue weighted by Crippen LogP contribution is -2.79. The molecule has 0 aromatic heterocycles. The molecule has 2 spiro atoms. The molecule has 4 aliphatic carbocycles. The van der Waals surface area contributed by atoms with Gasteiger partial charge in [-0.25, -0.2) is 0 Å². The molecule has 7 rings (SSSR count). The minimum atomic E-state index is -0.716. The standard InChI is InChI=1S/C23H27NO4/c1-13(25)15-12-21-7-8-23(15,27-4)20-22(21)9-10-24(2)17(21)11-14-5-6-16(26-3)19(28-20)18(14)22/h5-8,15,17,20H,9-12H2,1-4H3/t15-,17+,20-,21+,22-,23+/m0/s1. The van der Waals surface area contributed by atoms with Crippen molar-refractivity contribution in [2.24, 2.45) is 11.3 Å². The Kier molecular flexibility index (Phi) is 3.05. The van der Waals surface area contributed by atoms with Crippen LogP contribution in [0.4, 0.5) is 0 Å². The number of hydrogen-bond acceptors (Lipinski definition) is 5. The maximum atomic E-state index is 12.8. The summed E-state index contributed by atoms with van der Waals surface area (Å²) in [6, 6.07) is 4.62. The molecule has 6 aliphatic rings. The van der Waals surface area contributed by atoms with E-state index in [-0.39, 0.29) is 28.6 Å². The summed E-state index contributed by atoms with van der Waals surface area (Å²) in [6.45, 7) is 2.74. The van der Waals surface area contributed by atoms with Gasteiger partial charge in [0.25, 0.3) is 0 Å². The number of methoxy groups -OCH3 is 2. The number of carbonyl (C=O) groups is 1. The van der Waals surface area contributed by atoms with E-state index in [4.69, 9.17) is 14.2 Å². The zero-order valence-electron chi connectivity index (χ0n) is 17.0. The highest BCUT2D eigenvalue weighted by atomic mass is 16.6. The van der Waals surface area contributed by atoms with Crippen LogP contribution in [0.1, 0.15) is 30.9 Å². The molecule has 1 aromatic rings. The van der Waals surface area contributed by atoms with Gasteiger partial charge in [0.05, 0.1) is 18.4 Å². The summed E-state index contributed by atoms with van der Waals surface area (Å²) in [5.74, 6) is 1.68. The van der Waals surface area contributed by atoms with Crippen molar-refractivity contribution < 1.29 is 19.0 Å². The Hall–Kier alpha value is -1.85. The fraction of sp³-hybridized carbons (Fsp3) is 0.609. The summed E-state index contributed by atoms with van der Waals surface area (Å²) in [4.78, 5) is 15.3. The van der Waals surface area contributed by atoms with E-state index in [1.165, 1.54) is 11.1 Å². The van der Waals surface area contributed by atoms with Gasteiger partial charge in [-0.1, -0.05) is 18.2 Å². The van der Waals surface area contributed by atoms with E-state index in [2.05, 4.69) is 30.2 Å². The highest BCUT2D eigenvalue weighted by Gasteiger charge is 2.79. The molecule has 4 bridgehead atoms. The topological polar surface area (TPSA) is 48.0 Å². The smallest absolute Gasteiger partial charge is 0.166 e. The molecule has 148 valence electrons. The Labute approximate surface area is 165 Å². The minimum absolute atomic E-state index is 0.105. The van der Waals surface area contributed by atoms with Gasteiger partial charge in [0.1, 0.15) is 17.5 Å². The lowest BCUT2D eigenvalue weighted by atomic mass is 9.37. The fourth-order valence-corrected chi connectivity index (χ4v) is 7.67. The van der Waals surface area contributed by atoms with E-state index in [1.807, 2.05) is 6.07 Å². The monoisotopic (exact) mass is 381 g/mol. The first-order valence-electron chi connectivity index (χ1n) is 10.3. The van der Waals surface area contributed by atoms with Crippen molar-refractivity contribution in [3.05, 3.63) is 35.4 Å². The second kappa shape index (κ2) is 5.00. The fourth-order valence-electron chi connectivity index (χ4n) is 7.67. The molecule has 0 unspecified atom stereocenters. The number of hydrogen-bond donors (Lipinski definition) is 0. The van der Waals surface area contributed by atoms with Crippen LogP contribution in [-0.2, 0) is 21.4 Å². The largest absolute Gasteiger partial charge is 0.493 e. The van der Waals surface area contributed by atoms with Gasteiger partial charge in [-0.2, -0.15) is 0 Å². The molecule has 6 atom stereocenters. The maximum Gasteiger partial charge on any atom is 0.166 e. The SMILES string of the molecule is COc1ccc2c3c1O[C@@H]1[C@@]4(OC)C=C[C@@]5(C[C@H]4C(C)=O)[C@@H](C2)N(C)CC[C@]315. The number of Topliss-reactive ketones (excluding diaryl/α,β-unsaturated/α-hetero) is 1. The predicted octanol–water partition coefficient (Wildman–Crippen LogP) is 2.50. The van der Waals surface area contributed by atoms with Gasteiger partial charge < -0.3 is 19.1 Å². The number of benzene rings is 1. The number of likely N-dealkylation sites (tertiary alicyclic amines) is 1. The molecule has 1 aromatic carbocycles. The summed E-state index contributed by atoms with van der Waals surface area (Å²) < 4.78 is 18.7. The number of ketones is 1. The van der Waals surface area contributed by atoms with Crippen molar-refractivity contribution in [1.29, 1.82) is 0 Å². The van der Waals surface area contributed by atoms with E-state index < -0.39 is 5.60 Å². The second-order valence-corrected chi connectivity index (χ2v) is 9.35. The highest BCUT2D eigenvalue weighted by Crippen LogP contribution is 2.74. The molecule has 2 fully saturated rings. The lowest BCUT2D eigenvalue weighted by molar-refractivity contribution is -0.212. The molecule has 5 nitrogen and oxygen atoms in total. The van der Waals surface area contributed by atoms with Crippen molar-refractivity contribution in [2.45, 2.75) is 49.3 Å². The quantitative estimate of drug-likeness (QED) is 0.753. The Morgan fingerprint density at radius 2 is 2.11 bits per heavy atom. The Morgan fingerprint density at radius 3 is 2.82 bits per heavy atom. The Bertz CT molecular complexity index is 941. The van der Waals surface area contributed by atoms with E-state index >= 15 is 0 Å².